The molecule has 4 heteroatoms. The molecule has 18 heavy (non-hydrogen) atoms. The fraction of sp³-hybridized carbons (Fsp3) is 0.500. The summed E-state index contributed by atoms with van der Waals surface area (Å²) in [6.45, 7) is 5.31. The number of rotatable bonds is 3. The van der Waals surface area contributed by atoms with Gasteiger partial charge < -0.3 is 10.1 Å². The Morgan fingerprint density at radius 2 is 2.06 bits per heavy atom. The van der Waals surface area contributed by atoms with Gasteiger partial charge in [-0.15, -0.1) is 0 Å². The molecule has 1 aliphatic heterocycles. The largest absolute Gasteiger partial charge is 0.452 e. The minimum atomic E-state index is -0.499. The van der Waals surface area contributed by atoms with E-state index in [9.17, 15) is 4.79 Å². The van der Waals surface area contributed by atoms with Gasteiger partial charge in [0.05, 0.1) is 0 Å². The molecule has 2 rings (SSSR count). The van der Waals surface area contributed by atoms with Gasteiger partial charge in [-0.3, -0.25) is 4.79 Å². The van der Waals surface area contributed by atoms with Crippen molar-refractivity contribution < 1.29 is 9.53 Å². The van der Waals surface area contributed by atoms with Crippen LogP contribution in [0.25, 0.3) is 0 Å². The Labute approximate surface area is 121 Å². The van der Waals surface area contributed by atoms with Crippen LogP contribution in [-0.2, 0) is 15.1 Å². The molecule has 1 aliphatic rings. The van der Waals surface area contributed by atoms with Crippen molar-refractivity contribution >= 4 is 28.6 Å². The summed E-state index contributed by atoms with van der Waals surface area (Å²) in [6, 6.07) is 10.0. The van der Waals surface area contributed by atoms with Crippen molar-refractivity contribution in [3.8, 4) is 0 Å². The molecule has 1 unspecified atom stereocenters. The zero-order chi connectivity index (χ0) is 13.2. The first-order chi connectivity index (χ1) is 8.44. The summed E-state index contributed by atoms with van der Waals surface area (Å²) in [7, 11) is 0. The van der Waals surface area contributed by atoms with Gasteiger partial charge in [0.2, 0.25) is 0 Å². The molecule has 1 heterocycles. The third-order valence-corrected chi connectivity index (χ3v) is 3.63. The summed E-state index contributed by atoms with van der Waals surface area (Å²) >= 11 is 2.12. The molecule has 1 saturated heterocycles. The third kappa shape index (κ3) is 2.85. The van der Waals surface area contributed by atoms with E-state index in [0.29, 0.717) is 6.54 Å². The summed E-state index contributed by atoms with van der Waals surface area (Å²) in [4.78, 5) is 12.1. The van der Waals surface area contributed by atoms with Gasteiger partial charge >= 0.3 is 5.97 Å². The molecule has 0 radical (unpaired) electrons. The molecule has 1 atom stereocenters. The molecule has 0 saturated carbocycles. The predicted octanol–water partition coefficient (Wildman–Crippen LogP) is 2.63. The molecule has 0 spiro atoms. The van der Waals surface area contributed by atoms with Crippen molar-refractivity contribution in [3.05, 3.63) is 35.9 Å². The van der Waals surface area contributed by atoms with Crippen LogP contribution in [0.5, 0.6) is 0 Å². The first-order valence-corrected chi connectivity index (χ1v) is 7.21. The number of hydrogen-bond acceptors (Lipinski definition) is 3. The Bertz CT molecular complexity index is 419. The highest BCUT2D eigenvalue weighted by molar-refractivity contribution is 14.1. The molecule has 1 fully saturated rings. The second-order valence-corrected chi connectivity index (χ2v) is 7.85. The number of alkyl halides is 1. The minimum absolute atomic E-state index is 0.157. The number of carbonyl (C=O) groups is 1. The number of benzene rings is 1. The van der Waals surface area contributed by atoms with Crippen molar-refractivity contribution in [1.82, 2.24) is 5.32 Å². The van der Waals surface area contributed by atoms with Gasteiger partial charge in [0.15, 0.2) is 5.60 Å². The topological polar surface area (TPSA) is 38.3 Å². The molecule has 0 amide bonds. The second kappa shape index (κ2) is 5.17. The van der Waals surface area contributed by atoms with E-state index in [4.69, 9.17) is 4.74 Å². The van der Waals surface area contributed by atoms with E-state index in [2.05, 4.69) is 27.9 Å². The minimum Gasteiger partial charge on any atom is -0.452 e. The fourth-order valence-electron chi connectivity index (χ4n) is 2.10. The van der Waals surface area contributed by atoms with Gasteiger partial charge in [0, 0.05) is 13.0 Å². The molecule has 0 bridgehead atoms. The predicted molar refractivity (Wildman–Crippen MR) is 79.8 cm³/mol. The lowest BCUT2D eigenvalue weighted by atomic mass is 9.92. The van der Waals surface area contributed by atoms with Crippen LogP contribution in [0.15, 0.2) is 30.3 Å². The lowest BCUT2D eigenvalue weighted by Gasteiger charge is -2.31. The number of hydrogen-bond donors (Lipinski definition) is 1. The molecule has 0 aliphatic carbocycles. The Morgan fingerprint density at radius 3 is 2.56 bits per heavy atom. The highest BCUT2D eigenvalue weighted by atomic mass is 127. The van der Waals surface area contributed by atoms with Gasteiger partial charge in [0.1, 0.15) is 3.42 Å². The third-order valence-electron chi connectivity index (χ3n) is 3.19. The van der Waals surface area contributed by atoms with E-state index in [1.54, 1.807) is 0 Å². The van der Waals surface area contributed by atoms with Gasteiger partial charge in [0.25, 0.3) is 0 Å². The molecule has 1 N–H and O–H groups in total. The average Bonchev–Trinajstić information content (AvgIpc) is 2.79. The highest BCUT2D eigenvalue weighted by Crippen LogP contribution is 2.34. The summed E-state index contributed by atoms with van der Waals surface area (Å²) in [6.07, 6.45) is 0.829. The zero-order valence-corrected chi connectivity index (χ0v) is 12.9. The van der Waals surface area contributed by atoms with Crippen LogP contribution >= 0.6 is 22.6 Å². The second-order valence-electron chi connectivity index (χ2n) is 5.15. The summed E-state index contributed by atoms with van der Waals surface area (Å²) in [5.74, 6) is -0.157. The summed E-state index contributed by atoms with van der Waals surface area (Å²) < 4.78 is 5.34. The number of ether oxygens (including phenoxy) is 1. The maximum Gasteiger partial charge on any atom is 0.322 e. The van der Waals surface area contributed by atoms with E-state index in [1.807, 2.05) is 44.2 Å². The number of halogens is 1. The van der Waals surface area contributed by atoms with Gasteiger partial charge in [-0.25, -0.2) is 0 Å². The fourth-order valence-corrected chi connectivity index (χ4v) is 2.21. The SMILES string of the molecule is CC(C)(I)C(=O)OC1(c2ccccc2)CCNC1. The van der Waals surface area contributed by atoms with Crippen LogP contribution in [-0.4, -0.2) is 22.5 Å². The van der Waals surface area contributed by atoms with Crippen LogP contribution in [0.1, 0.15) is 25.8 Å². The van der Waals surface area contributed by atoms with Gasteiger partial charge in [-0.05, 0) is 26.0 Å². The van der Waals surface area contributed by atoms with Gasteiger partial charge in [-0.2, -0.15) is 0 Å². The number of carbonyl (C=O) groups excluding carboxylic acids is 1. The quantitative estimate of drug-likeness (QED) is 0.512. The van der Waals surface area contributed by atoms with Crippen molar-refractivity contribution in [2.45, 2.75) is 29.3 Å². The van der Waals surface area contributed by atoms with E-state index in [1.165, 1.54) is 0 Å². The van der Waals surface area contributed by atoms with Crippen LogP contribution < -0.4 is 5.32 Å². The summed E-state index contributed by atoms with van der Waals surface area (Å²) in [5, 5.41) is 3.29. The van der Waals surface area contributed by atoms with Gasteiger partial charge in [-0.1, -0.05) is 52.9 Å². The maximum atomic E-state index is 12.1. The molecule has 3 nitrogen and oxygen atoms in total. The normalized spacial score (nSPS) is 23.9. The van der Waals surface area contributed by atoms with Crippen LogP contribution in [0, 0.1) is 0 Å². The van der Waals surface area contributed by atoms with E-state index in [-0.39, 0.29) is 5.97 Å². The van der Waals surface area contributed by atoms with Crippen molar-refractivity contribution in [2.75, 3.05) is 13.1 Å². The van der Waals surface area contributed by atoms with E-state index in [0.717, 1.165) is 18.5 Å². The monoisotopic (exact) mass is 359 g/mol. The van der Waals surface area contributed by atoms with E-state index < -0.39 is 9.02 Å². The van der Waals surface area contributed by atoms with Crippen molar-refractivity contribution in [3.63, 3.8) is 0 Å². The first kappa shape index (κ1) is 13.8. The average molecular weight is 359 g/mol. The standard InChI is InChI=1S/C14H18INO2/c1-13(2,15)12(17)18-14(8-9-16-10-14)11-6-4-3-5-7-11/h3-7,16H,8-10H2,1-2H3. The van der Waals surface area contributed by atoms with Crippen LogP contribution in [0.4, 0.5) is 0 Å². The van der Waals surface area contributed by atoms with Crippen LogP contribution in [0.2, 0.25) is 0 Å². The van der Waals surface area contributed by atoms with E-state index >= 15 is 0 Å². The van der Waals surface area contributed by atoms with Crippen LogP contribution in [0.3, 0.4) is 0 Å². The highest BCUT2D eigenvalue weighted by Gasteiger charge is 2.42. The Kier molecular flexibility index (Phi) is 3.96. The molecule has 98 valence electrons. The maximum absolute atomic E-state index is 12.1. The number of nitrogens with one attached hydrogen (secondary N) is 1. The Hall–Kier alpha value is -0.620. The molecular weight excluding hydrogens is 341 g/mol. The summed E-state index contributed by atoms with van der Waals surface area (Å²) in [5.41, 5.74) is 0.574. The Balaban J connectivity index is 2.26. The molecular formula is C14H18INO2. The van der Waals surface area contributed by atoms with Crippen molar-refractivity contribution in [2.24, 2.45) is 0 Å². The molecule has 1 aromatic carbocycles. The molecule has 0 aromatic heterocycles. The molecule has 1 aromatic rings. The lowest BCUT2D eigenvalue weighted by molar-refractivity contribution is -0.160. The van der Waals surface area contributed by atoms with Crippen molar-refractivity contribution in [1.29, 1.82) is 0 Å². The zero-order valence-electron chi connectivity index (χ0n) is 10.7. The lowest BCUT2D eigenvalue weighted by Crippen LogP contribution is -2.39. The first-order valence-electron chi connectivity index (χ1n) is 6.13. The smallest absolute Gasteiger partial charge is 0.322 e. The number of esters is 1. The Morgan fingerprint density at radius 1 is 1.39 bits per heavy atom.